The maximum Gasteiger partial charge on any atom is 0.387 e. The Balaban J connectivity index is 2.56. The zero-order chi connectivity index (χ0) is 11.7. The second-order valence-corrected chi connectivity index (χ2v) is 2.94. The van der Waals surface area contributed by atoms with Gasteiger partial charge in [-0.15, -0.1) is 0 Å². The molecule has 0 saturated carbocycles. The van der Waals surface area contributed by atoms with E-state index in [9.17, 15) is 8.78 Å². The maximum atomic E-state index is 12.0. The summed E-state index contributed by atoms with van der Waals surface area (Å²) in [6.45, 7) is -2.91. The molecule has 7 heteroatoms. The number of fused-ring (bicyclic) bond motifs is 1. The van der Waals surface area contributed by atoms with Crippen LogP contribution in [0.25, 0.3) is 10.9 Å². The number of methoxy groups -OCH3 is 1. The van der Waals surface area contributed by atoms with Crippen LogP contribution in [0.2, 0.25) is 0 Å². The Hall–Kier alpha value is -2.05. The average molecular weight is 230 g/mol. The highest BCUT2D eigenvalue weighted by Crippen LogP contribution is 2.34. The van der Waals surface area contributed by atoms with Gasteiger partial charge in [0.1, 0.15) is 22.4 Å². The van der Waals surface area contributed by atoms with E-state index in [0.29, 0.717) is 10.9 Å². The van der Waals surface area contributed by atoms with E-state index in [1.54, 1.807) is 0 Å². The number of anilines is 1. The lowest BCUT2D eigenvalue weighted by molar-refractivity contribution is -0.0498. The minimum atomic E-state index is -2.91. The average Bonchev–Trinajstić information content (AvgIpc) is 2.58. The Labute approximate surface area is 88.7 Å². The summed E-state index contributed by atoms with van der Waals surface area (Å²) in [5.74, 6) is 0.273. The standard InChI is InChI=1S/C9H8F2N2O3/c1-14-6-3-4(15-9(10)11)2-5-7(6)8(12)16-13-5/h2-3,9H,12H2,1H3. The number of benzene rings is 1. The molecule has 0 unspecified atom stereocenters. The van der Waals surface area contributed by atoms with Gasteiger partial charge in [-0.05, 0) is 0 Å². The van der Waals surface area contributed by atoms with Crippen LogP contribution in [0.15, 0.2) is 16.7 Å². The minimum absolute atomic E-state index is 0.0624. The first-order valence-corrected chi connectivity index (χ1v) is 4.29. The van der Waals surface area contributed by atoms with Crippen LogP contribution in [-0.2, 0) is 0 Å². The lowest BCUT2D eigenvalue weighted by Crippen LogP contribution is -2.02. The van der Waals surface area contributed by atoms with Crippen LogP contribution < -0.4 is 15.2 Å². The highest BCUT2D eigenvalue weighted by molar-refractivity contribution is 5.94. The number of aromatic nitrogens is 1. The van der Waals surface area contributed by atoms with Crippen LogP contribution >= 0.6 is 0 Å². The number of rotatable bonds is 3. The molecular formula is C9H8F2N2O3. The van der Waals surface area contributed by atoms with Crippen molar-refractivity contribution in [3.8, 4) is 11.5 Å². The van der Waals surface area contributed by atoms with Crippen molar-refractivity contribution in [2.24, 2.45) is 0 Å². The van der Waals surface area contributed by atoms with Gasteiger partial charge in [-0.25, -0.2) is 0 Å². The Morgan fingerprint density at radius 2 is 2.19 bits per heavy atom. The number of nitrogens with zero attached hydrogens (tertiary/aromatic N) is 1. The fourth-order valence-corrected chi connectivity index (χ4v) is 1.37. The molecule has 1 aromatic heterocycles. The quantitative estimate of drug-likeness (QED) is 0.873. The monoisotopic (exact) mass is 230 g/mol. The van der Waals surface area contributed by atoms with Crippen molar-refractivity contribution in [2.45, 2.75) is 6.61 Å². The molecule has 2 rings (SSSR count). The summed E-state index contributed by atoms with van der Waals surface area (Å²) < 4.78 is 38.0. The van der Waals surface area contributed by atoms with E-state index in [4.69, 9.17) is 15.0 Å². The molecular weight excluding hydrogens is 222 g/mol. The van der Waals surface area contributed by atoms with E-state index >= 15 is 0 Å². The van der Waals surface area contributed by atoms with Gasteiger partial charge in [0.2, 0.25) is 5.88 Å². The minimum Gasteiger partial charge on any atom is -0.496 e. The largest absolute Gasteiger partial charge is 0.496 e. The van der Waals surface area contributed by atoms with Crippen LogP contribution in [0.3, 0.4) is 0 Å². The van der Waals surface area contributed by atoms with Crippen LogP contribution in [0.4, 0.5) is 14.7 Å². The van der Waals surface area contributed by atoms with Gasteiger partial charge in [-0.2, -0.15) is 8.78 Å². The molecule has 1 aromatic carbocycles. The molecule has 16 heavy (non-hydrogen) atoms. The molecule has 2 N–H and O–H groups in total. The van der Waals surface area contributed by atoms with Crippen molar-refractivity contribution in [1.29, 1.82) is 0 Å². The topological polar surface area (TPSA) is 70.5 Å². The molecule has 2 aromatic rings. The lowest BCUT2D eigenvalue weighted by atomic mass is 10.2. The van der Waals surface area contributed by atoms with E-state index in [1.165, 1.54) is 19.2 Å². The number of hydrogen-bond acceptors (Lipinski definition) is 5. The zero-order valence-electron chi connectivity index (χ0n) is 8.24. The summed E-state index contributed by atoms with van der Waals surface area (Å²) in [5, 5.41) is 4.02. The van der Waals surface area contributed by atoms with Crippen molar-refractivity contribution >= 4 is 16.8 Å². The van der Waals surface area contributed by atoms with Crippen LogP contribution in [0.1, 0.15) is 0 Å². The van der Waals surface area contributed by atoms with Gasteiger partial charge in [-0.1, -0.05) is 5.16 Å². The van der Waals surface area contributed by atoms with E-state index < -0.39 is 6.61 Å². The summed E-state index contributed by atoms with van der Waals surface area (Å²) in [6.07, 6.45) is 0. The van der Waals surface area contributed by atoms with Crippen molar-refractivity contribution in [1.82, 2.24) is 5.16 Å². The summed E-state index contributed by atoms with van der Waals surface area (Å²) in [7, 11) is 1.38. The van der Waals surface area contributed by atoms with Crippen molar-refractivity contribution in [3.05, 3.63) is 12.1 Å². The molecule has 0 fully saturated rings. The molecule has 0 aliphatic carbocycles. The number of ether oxygens (including phenoxy) is 2. The Morgan fingerprint density at radius 1 is 1.44 bits per heavy atom. The predicted molar refractivity (Wildman–Crippen MR) is 51.6 cm³/mol. The normalized spacial score (nSPS) is 11.0. The van der Waals surface area contributed by atoms with Crippen molar-refractivity contribution in [2.75, 3.05) is 12.8 Å². The number of halogens is 2. The van der Waals surface area contributed by atoms with Crippen molar-refractivity contribution < 1.29 is 22.8 Å². The molecule has 0 atom stereocenters. The molecule has 86 valence electrons. The fourth-order valence-electron chi connectivity index (χ4n) is 1.37. The molecule has 0 amide bonds. The van der Waals surface area contributed by atoms with Gasteiger partial charge in [0.25, 0.3) is 0 Å². The van der Waals surface area contributed by atoms with E-state index in [-0.39, 0.29) is 17.4 Å². The molecule has 5 nitrogen and oxygen atoms in total. The van der Waals surface area contributed by atoms with Gasteiger partial charge in [-0.3, -0.25) is 0 Å². The van der Waals surface area contributed by atoms with Crippen LogP contribution in [-0.4, -0.2) is 18.9 Å². The van der Waals surface area contributed by atoms with Gasteiger partial charge in [0, 0.05) is 12.1 Å². The number of alkyl halides is 2. The van der Waals surface area contributed by atoms with Gasteiger partial charge < -0.3 is 19.7 Å². The number of nitrogen functional groups attached to an aromatic ring is 1. The molecule has 0 aliphatic rings. The predicted octanol–water partition coefficient (Wildman–Crippen LogP) is 2.02. The first kappa shape index (κ1) is 10.5. The summed E-state index contributed by atoms with van der Waals surface area (Å²) in [4.78, 5) is 0. The zero-order valence-corrected chi connectivity index (χ0v) is 8.24. The number of hydrogen-bond donors (Lipinski definition) is 1. The molecule has 0 radical (unpaired) electrons. The highest BCUT2D eigenvalue weighted by atomic mass is 19.3. The maximum absolute atomic E-state index is 12.0. The van der Waals surface area contributed by atoms with E-state index in [0.717, 1.165) is 0 Å². The third-order valence-electron chi connectivity index (χ3n) is 1.99. The Kier molecular flexibility index (Phi) is 2.51. The first-order valence-electron chi connectivity index (χ1n) is 4.29. The van der Waals surface area contributed by atoms with E-state index in [2.05, 4.69) is 9.89 Å². The third kappa shape index (κ3) is 1.71. The van der Waals surface area contributed by atoms with Gasteiger partial charge in [0.15, 0.2) is 0 Å². The highest BCUT2D eigenvalue weighted by Gasteiger charge is 2.15. The summed E-state index contributed by atoms with van der Waals surface area (Å²) in [6, 6.07) is 2.59. The summed E-state index contributed by atoms with van der Waals surface area (Å²) in [5.41, 5.74) is 5.80. The fraction of sp³-hybridized carbons (Fsp3) is 0.222. The molecule has 0 spiro atoms. The third-order valence-corrected chi connectivity index (χ3v) is 1.99. The second kappa shape index (κ2) is 3.84. The van der Waals surface area contributed by atoms with Gasteiger partial charge >= 0.3 is 6.61 Å². The van der Waals surface area contributed by atoms with Crippen LogP contribution in [0, 0.1) is 0 Å². The Bertz CT molecular complexity index is 513. The molecule has 0 aliphatic heterocycles. The van der Waals surface area contributed by atoms with Crippen molar-refractivity contribution in [3.63, 3.8) is 0 Å². The van der Waals surface area contributed by atoms with Crippen LogP contribution in [0.5, 0.6) is 11.5 Å². The SMILES string of the molecule is COc1cc(OC(F)F)cc2noc(N)c12. The number of nitrogens with two attached hydrogens (primary N) is 1. The smallest absolute Gasteiger partial charge is 0.387 e. The summed E-state index contributed by atoms with van der Waals surface area (Å²) >= 11 is 0. The lowest BCUT2D eigenvalue weighted by Gasteiger charge is -2.06. The molecule has 0 saturated heterocycles. The first-order chi connectivity index (χ1) is 7.61. The second-order valence-electron chi connectivity index (χ2n) is 2.94. The van der Waals surface area contributed by atoms with Gasteiger partial charge in [0.05, 0.1) is 7.11 Å². The molecule has 0 bridgehead atoms. The molecule has 1 heterocycles. The Morgan fingerprint density at radius 3 is 2.81 bits per heavy atom. The van der Waals surface area contributed by atoms with E-state index in [1.807, 2.05) is 0 Å².